The van der Waals surface area contributed by atoms with Gasteiger partial charge in [-0.05, 0) is 18.6 Å². The first-order valence-electron chi connectivity index (χ1n) is 6.54. The van der Waals surface area contributed by atoms with Gasteiger partial charge < -0.3 is 14.8 Å². The van der Waals surface area contributed by atoms with Gasteiger partial charge in [-0.3, -0.25) is 4.90 Å². The Morgan fingerprint density at radius 2 is 1.76 bits per heavy atom. The summed E-state index contributed by atoms with van der Waals surface area (Å²) in [5.74, 6) is 1.28. The van der Waals surface area contributed by atoms with Crippen molar-refractivity contribution in [1.82, 2.24) is 10.2 Å². The first kappa shape index (κ1) is 20.6. The molecule has 2 rings (SSSR count). The second-order valence-electron chi connectivity index (χ2n) is 4.67. The standard InChI is InChI=1S/C14H21ClN2O2.2ClH/c1-10(17-8-6-16-7-9-17)11-4-5-12(18-2)14(19-3)13(11)15;;/h4-5,10,16H,6-9H2,1-3H3;2*1H/t10-;;/m1../s1. The maximum atomic E-state index is 6.46. The van der Waals surface area contributed by atoms with Crippen molar-refractivity contribution in [2.75, 3.05) is 40.4 Å². The Hall–Kier alpha value is -0.390. The van der Waals surface area contributed by atoms with E-state index in [1.165, 1.54) is 0 Å². The minimum Gasteiger partial charge on any atom is -0.493 e. The third kappa shape index (κ3) is 4.54. The van der Waals surface area contributed by atoms with Crippen LogP contribution in [0.3, 0.4) is 0 Å². The summed E-state index contributed by atoms with van der Waals surface area (Å²) in [5.41, 5.74) is 1.08. The van der Waals surface area contributed by atoms with Crippen molar-refractivity contribution in [3.63, 3.8) is 0 Å². The molecule has 21 heavy (non-hydrogen) atoms. The normalized spacial score (nSPS) is 16.4. The molecule has 0 saturated carbocycles. The second kappa shape index (κ2) is 9.59. The van der Waals surface area contributed by atoms with Gasteiger partial charge in [-0.2, -0.15) is 0 Å². The van der Waals surface area contributed by atoms with E-state index in [0.29, 0.717) is 16.5 Å². The van der Waals surface area contributed by atoms with Gasteiger partial charge >= 0.3 is 0 Å². The molecule has 1 saturated heterocycles. The molecule has 1 heterocycles. The Kier molecular flexibility index (Phi) is 9.41. The summed E-state index contributed by atoms with van der Waals surface area (Å²) in [6.45, 7) is 6.29. The number of ether oxygens (including phenoxy) is 2. The summed E-state index contributed by atoms with van der Waals surface area (Å²) in [5, 5.41) is 4.00. The van der Waals surface area contributed by atoms with Crippen molar-refractivity contribution in [3.05, 3.63) is 22.7 Å². The number of halogens is 3. The Morgan fingerprint density at radius 3 is 2.29 bits per heavy atom. The maximum Gasteiger partial charge on any atom is 0.179 e. The quantitative estimate of drug-likeness (QED) is 0.897. The fourth-order valence-corrected chi connectivity index (χ4v) is 2.88. The summed E-state index contributed by atoms with van der Waals surface area (Å²) in [4.78, 5) is 2.42. The van der Waals surface area contributed by atoms with Crippen molar-refractivity contribution >= 4 is 36.4 Å². The van der Waals surface area contributed by atoms with Crippen LogP contribution in [0.2, 0.25) is 5.02 Å². The number of hydrogen-bond donors (Lipinski definition) is 1. The van der Waals surface area contributed by atoms with E-state index in [9.17, 15) is 0 Å². The van der Waals surface area contributed by atoms with Crippen molar-refractivity contribution < 1.29 is 9.47 Å². The lowest BCUT2D eigenvalue weighted by atomic mass is 10.1. The molecule has 0 amide bonds. The summed E-state index contributed by atoms with van der Waals surface area (Å²) < 4.78 is 10.6. The molecule has 0 unspecified atom stereocenters. The minimum atomic E-state index is 0. The Balaban J connectivity index is 0.00000200. The van der Waals surface area contributed by atoms with Gasteiger partial charge in [0, 0.05) is 32.2 Å². The summed E-state index contributed by atoms with van der Waals surface area (Å²) in [6.07, 6.45) is 0. The molecule has 1 aromatic carbocycles. The van der Waals surface area contributed by atoms with Crippen LogP contribution in [-0.2, 0) is 0 Å². The average Bonchev–Trinajstić information content (AvgIpc) is 2.47. The highest BCUT2D eigenvalue weighted by molar-refractivity contribution is 6.33. The average molecular weight is 358 g/mol. The molecule has 0 radical (unpaired) electrons. The molecule has 0 aliphatic carbocycles. The third-order valence-corrected chi connectivity index (χ3v) is 4.05. The van der Waals surface area contributed by atoms with E-state index in [1.54, 1.807) is 14.2 Å². The van der Waals surface area contributed by atoms with Crippen LogP contribution in [0.5, 0.6) is 11.5 Å². The van der Waals surface area contributed by atoms with E-state index in [-0.39, 0.29) is 30.9 Å². The zero-order valence-corrected chi connectivity index (χ0v) is 14.9. The van der Waals surface area contributed by atoms with Crippen LogP contribution in [0.25, 0.3) is 0 Å². The number of methoxy groups -OCH3 is 2. The highest BCUT2D eigenvalue weighted by Gasteiger charge is 2.23. The number of hydrogen-bond acceptors (Lipinski definition) is 4. The molecule has 1 aliphatic heterocycles. The smallest absolute Gasteiger partial charge is 0.179 e. The summed E-state index contributed by atoms with van der Waals surface area (Å²) in [6, 6.07) is 4.21. The second-order valence-corrected chi connectivity index (χ2v) is 5.04. The molecule has 1 aliphatic rings. The van der Waals surface area contributed by atoms with Gasteiger partial charge in [0.15, 0.2) is 11.5 Å². The Labute approximate surface area is 143 Å². The van der Waals surface area contributed by atoms with Crippen molar-refractivity contribution in [3.8, 4) is 11.5 Å². The molecule has 1 atom stereocenters. The first-order chi connectivity index (χ1) is 9.19. The molecule has 122 valence electrons. The molecule has 0 aromatic heterocycles. The highest BCUT2D eigenvalue weighted by Crippen LogP contribution is 2.40. The number of benzene rings is 1. The van der Waals surface area contributed by atoms with Crippen LogP contribution in [0.15, 0.2) is 12.1 Å². The molecular weight excluding hydrogens is 335 g/mol. The molecule has 7 heteroatoms. The van der Waals surface area contributed by atoms with E-state index in [1.807, 2.05) is 12.1 Å². The fourth-order valence-electron chi connectivity index (χ4n) is 2.49. The van der Waals surface area contributed by atoms with Crippen LogP contribution in [0, 0.1) is 0 Å². The number of piperazine rings is 1. The molecular formula is C14H23Cl3N2O2. The zero-order valence-electron chi connectivity index (χ0n) is 12.5. The van der Waals surface area contributed by atoms with Crippen LogP contribution in [0.1, 0.15) is 18.5 Å². The largest absolute Gasteiger partial charge is 0.493 e. The monoisotopic (exact) mass is 356 g/mol. The SMILES string of the molecule is COc1ccc([C@@H](C)N2CCNCC2)c(Cl)c1OC.Cl.Cl. The van der Waals surface area contributed by atoms with Gasteiger partial charge in [0.25, 0.3) is 0 Å². The predicted molar refractivity (Wildman–Crippen MR) is 91.9 cm³/mol. The molecule has 4 nitrogen and oxygen atoms in total. The molecule has 1 fully saturated rings. The summed E-state index contributed by atoms with van der Waals surface area (Å²) in [7, 11) is 3.23. The van der Waals surface area contributed by atoms with Crippen LogP contribution >= 0.6 is 36.4 Å². The molecule has 1 aromatic rings. The molecule has 0 bridgehead atoms. The van der Waals surface area contributed by atoms with Gasteiger partial charge in [-0.15, -0.1) is 24.8 Å². The zero-order chi connectivity index (χ0) is 13.8. The van der Waals surface area contributed by atoms with Crippen molar-refractivity contribution in [2.24, 2.45) is 0 Å². The van der Waals surface area contributed by atoms with Crippen LogP contribution in [0.4, 0.5) is 0 Å². The van der Waals surface area contributed by atoms with Gasteiger partial charge in [0.05, 0.1) is 19.2 Å². The number of rotatable bonds is 4. The lowest BCUT2D eigenvalue weighted by molar-refractivity contribution is 0.185. The van der Waals surface area contributed by atoms with Crippen molar-refractivity contribution in [1.29, 1.82) is 0 Å². The fraction of sp³-hybridized carbons (Fsp3) is 0.571. The van der Waals surface area contributed by atoms with Gasteiger partial charge in [-0.25, -0.2) is 0 Å². The van der Waals surface area contributed by atoms with Gasteiger partial charge in [0.2, 0.25) is 0 Å². The predicted octanol–water partition coefficient (Wildman–Crippen LogP) is 3.17. The van der Waals surface area contributed by atoms with E-state index < -0.39 is 0 Å². The third-order valence-electron chi connectivity index (χ3n) is 3.66. The summed E-state index contributed by atoms with van der Waals surface area (Å²) >= 11 is 6.46. The Morgan fingerprint density at radius 1 is 1.14 bits per heavy atom. The van der Waals surface area contributed by atoms with E-state index in [2.05, 4.69) is 17.1 Å². The van der Waals surface area contributed by atoms with E-state index in [4.69, 9.17) is 21.1 Å². The number of nitrogens with zero attached hydrogens (tertiary/aromatic N) is 1. The lowest BCUT2D eigenvalue weighted by Crippen LogP contribution is -2.44. The first-order valence-corrected chi connectivity index (χ1v) is 6.92. The van der Waals surface area contributed by atoms with E-state index >= 15 is 0 Å². The van der Waals surface area contributed by atoms with Gasteiger partial charge in [0.1, 0.15) is 0 Å². The Bertz CT molecular complexity index is 440. The lowest BCUT2D eigenvalue weighted by Gasteiger charge is -2.33. The van der Waals surface area contributed by atoms with E-state index in [0.717, 1.165) is 31.7 Å². The number of nitrogens with one attached hydrogen (secondary N) is 1. The topological polar surface area (TPSA) is 33.7 Å². The van der Waals surface area contributed by atoms with Crippen LogP contribution in [-0.4, -0.2) is 45.3 Å². The maximum absolute atomic E-state index is 6.46. The van der Waals surface area contributed by atoms with Gasteiger partial charge in [-0.1, -0.05) is 17.7 Å². The van der Waals surface area contributed by atoms with Crippen LogP contribution < -0.4 is 14.8 Å². The molecule has 0 spiro atoms. The molecule has 1 N–H and O–H groups in total. The minimum absolute atomic E-state index is 0. The highest BCUT2D eigenvalue weighted by atomic mass is 35.5. The van der Waals surface area contributed by atoms with Crippen molar-refractivity contribution in [2.45, 2.75) is 13.0 Å².